The summed E-state index contributed by atoms with van der Waals surface area (Å²) in [5.74, 6) is 3.58. The summed E-state index contributed by atoms with van der Waals surface area (Å²) in [7, 11) is 0. The number of hydrogen-bond acceptors (Lipinski definition) is 4. The van der Waals surface area contributed by atoms with Crippen LogP contribution >= 0.6 is 15.9 Å². The van der Waals surface area contributed by atoms with Gasteiger partial charge in [-0.3, -0.25) is 0 Å². The maximum absolute atomic E-state index is 5.95. The van der Waals surface area contributed by atoms with Gasteiger partial charge in [0.1, 0.15) is 19.1 Å². The first-order valence-electron chi connectivity index (χ1n) is 11.1. The van der Waals surface area contributed by atoms with Crippen molar-refractivity contribution in [1.29, 1.82) is 0 Å². The minimum absolute atomic E-state index is 0. The molecular weight excluding hydrogens is 550 g/mol. The number of fused-ring (bicyclic) bond motifs is 7. The smallest absolute Gasteiger partial charge is 0.231 e. The number of rotatable bonds is 2. The van der Waals surface area contributed by atoms with E-state index in [1.165, 1.54) is 32.3 Å². The Labute approximate surface area is 211 Å². The highest BCUT2D eigenvalue weighted by molar-refractivity contribution is 9.10. The molecule has 33 heavy (non-hydrogen) atoms. The molecule has 0 bridgehead atoms. The zero-order chi connectivity index (χ0) is 21.3. The topological polar surface area (TPSA) is 36.9 Å². The fourth-order valence-corrected chi connectivity index (χ4v) is 6.39. The van der Waals surface area contributed by atoms with Crippen molar-refractivity contribution in [3.05, 3.63) is 80.8 Å². The molecule has 0 saturated carbocycles. The van der Waals surface area contributed by atoms with Crippen LogP contribution in [-0.4, -0.2) is 24.6 Å². The van der Waals surface area contributed by atoms with Crippen LogP contribution in [0, 0.1) is 0 Å². The van der Waals surface area contributed by atoms with Gasteiger partial charge in [-0.25, -0.2) is 0 Å². The quantitative estimate of drug-likeness (QED) is 0.442. The lowest BCUT2D eigenvalue weighted by molar-refractivity contribution is -0.985. The summed E-state index contributed by atoms with van der Waals surface area (Å²) >= 11 is 3.80. The SMILES string of the molecule is Brc1ccccc1C[N+]12CCc3cc4c(cc3C1Cc1ccc3c(c1C2)OCO3)OCO4.[Br-]. The predicted octanol–water partition coefficient (Wildman–Crippen LogP) is 2.28. The second kappa shape index (κ2) is 7.93. The van der Waals surface area contributed by atoms with Gasteiger partial charge in [-0.2, -0.15) is 0 Å². The van der Waals surface area contributed by atoms with Crippen molar-refractivity contribution in [1.82, 2.24) is 0 Å². The summed E-state index contributed by atoms with van der Waals surface area (Å²) in [6, 6.07) is 17.7. The van der Waals surface area contributed by atoms with Gasteiger partial charge < -0.3 is 40.4 Å². The van der Waals surface area contributed by atoms with Crippen LogP contribution in [0.4, 0.5) is 0 Å². The van der Waals surface area contributed by atoms with Gasteiger partial charge in [0.25, 0.3) is 0 Å². The van der Waals surface area contributed by atoms with Crippen LogP contribution in [0.1, 0.15) is 33.9 Å². The monoisotopic (exact) mass is 571 g/mol. The van der Waals surface area contributed by atoms with E-state index in [0.29, 0.717) is 19.6 Å². The van der Waals surface area contributed by atoms with E-state index >= 15 is 0 Å². The molecule has 0 radical (unpaired) electrons. The van der Waals surface area contributed by atoms with Crippen molar-refractivity contribution < 1.29 is 40.4 Å². The van der Waals surface area contributed by atoms with E-state index in [1.54, 1.807) is 0 Å². The van der Waals surface area contributed by atoms with Gasteiger partial charge in [0.2, 0.25) is 13.6 Å². The Morgan fingerprint density at radius 2 is 1.67 bits per heavy atom. The number of ether oxygens (including phenoxy) is 4. The molecule has 0 amide bonds. The van der Waals surface area contributed by atoms with E-state index in [0.717, 1.165) is 60.0 Å². The van der Waals surface area contributed by atoms with Gasteiger partial charge in [0, 0.05) is 28.4 Å². The molecule has 4 aliphatic heterocycles. The maximum atomic E-state index is 5.95. The molecule has 7 rings (SSSR count). The molecule has 0 N–H and O–H groups in total. The Hall–Kier alpha value is -2.22. The number of quaternary nitrogens is 1. The first-order chi connectivity index (χ1) is 15.7. The average Bonchev–Trinajstić information content (AvgIpc) is 3.47. The van der Waals surface area contributed by atoms with E-state index in [1.807, 2.05) is 0 Å². The molecule has 170 valence electrons. The number of benzene rings is 3. The minimum Gasteiger partial charge on any atom is -1.00 e. The average molecular weight is 573 g/mol. The number of halogens is 2. The normalized spacial score (nSPS) is 23.2. The molecule has 4 aliphatic rings. The highest BCUT2D eigenvalue weighted by Gasteiger charge is 2.48. The first kappa shape index (κ1) is 21.3. The molecule has 0 spiro atoms. The summed E-state index contributed by atoms with van der Waals surface area (Å²) in [5, 5.41) is 0. The Balaban J connectivity index is 0.00000206. The van der Waals surface area contributed by atoms with Crippen molar-refractivity contribution in [3.8, 4) is 23.0 Å². The van der Waals surface area contributed by atoms with Crippen molar-refractivity contribution >= 4 is 15.9 Å². The lowest BCUT2D eigenvalue weighted by Gasteiger charge is -2.51. The van der Waals surface area contributed by atoms with Gasteiger partial charge in [0.05, 0.1) is 12.1 Å². The molecule has 3 aromatic rings. The Morgan fingerprint density at radius 1 is 0.879 bits per heavy atom. The third-order valence-corrected chi connectivity index (χ3v) is 8.32. The fourth-order valence-electron chi connectivity index (χ4n) is 5.98. The third-order valence-electron chi connectivity index (χ3n) is 7.55. The van der Waals surface area contributed by atoms with Gasteiger partial charge in [-0.15, -0.1) is 0 Å². The zero-order valence-electron chi connectivity index (χ0n) is 18.0. The maximum Gasteiger partial charge on any atom is 0.231 e. The van der Waals surface area contributed by atoms with Gasteiger partial charge in [-0.05, 0) is 35.4 Å². The predicted molar refractivity (Wildman–Crippen MR) is 122 cm³/mol. The van der Waals surface area contributed by atoms with E-state index in [9.17, 15) is 0 Å². The molecule has 2 atom stereocenters. The molecular formula is C26H23Br2NO4. The van der Waals surface area contributed by atoms with Crippen LogP contribution in [0.15, 0.2) is 53.0 Å². The van der Waals surface area contributed by atoms with E-state index in [4.69, 9.17) is 18.9 Å². The Morgan fingerprint density at radius 3 is 2.55 bits per heavy atom. The largest absolute Gasteiger partial charge is 1.00 e. The second-order valence-corrected chi connectivity index (χ2v) is 10.0. The van der Waals surface area contributed by atoms with Crippen LogP contribution < -0.4 is 35.9 Å². The summed E-state index contributed by atoms with van der Waals surface area (Å²) in [6.45, 7) is 3.59. The van der Waals surface area contributed by atoms with Crippen LogP contribution in [0.2, 0.25) is 0 Å². The summed E-state index contributed by atoms with van der Waals surface area (Å²) in [4.78, 5) is 0. The molecule has 7 heteroatoms. The first-order valence-corrected chi connectivity index (χ1v) is 11.9. The van der Waals surface area contributed by atoms with Crippen molar-refractivity contribution in [2.75, 3.05) is 20.1 Å². The van der Waals surface area contributed by atoms with Crippen LogP contribution in [0.25, 0.3) is 0 Å². The van der Waals surface area contributed by atoms with E-state index < -0.39 is 0 Å². The lowest BCUT2D eigenvalue weighted by atomic mass is 9.80. The Kier molecular flexibility index (Phi) is 5.12. The fraction of sp³-hybridized carbons (Fsp3) is 0.308. The van der Waals surface area contributed by atoms with Gasteiger partial charge >= 0.3 is 0 Å². The van der Waals surface area contributed by atoms with Gasteiger partial charge in [-0.1, -0.05) is 40.2 Å². The van der Waals surface area contributed by atoms with Crippen LogP contribution in [0.5, 0.6) is 23.0 Å². The minimum atomic E-state index is 0. The standard InChI is InChI=1S/C26H23BrNO4.BrH/c27-21-4-2-1-3-18(21)12-28-8-7-17-10-24-25(31-14-30-24)11-19(17)22(28)9-16-5-6-23-26(20(16)13-28)32-15-29-23;/h1-6,10-11,22H,7-9,12-15H2;1H/q+1;/p-1. The zero-order valence-corrected chi connectivity index (χ0v) is 21.2. The highest BCUT2D eigenvalue weighted by Crippen LogP contribution is 2.52. The molecule has 0 fully saturated rings. The molecule has 3 aromatic carbocycles. The van der Waals surface area contributed by atoms with E-state index in [2.05, 4.69) is 64.5 Å². The highest BCUT2D eigenvalue weighted by atomic mass is 79.9. The molecule has 5 nitrogen and oxygen atoms in total. The van der Waals surface area contributed by atoms with Crippen molar-refractivity contribution in [3.63, 3.8) is 0 Å². The molecule has 4 heterocycles. The van der Waals surface area contributed by atoms with Crippen LogP contribution in [-0.2, 0) is 25.9 Å². The number of hydrogen-bond donors (Lipinski definition) is 0. The van der Waals surface area contributed by atoms with Crippen molar-refractivity contribution in [2.24, 2.45) is 0 Å². The molecule has 0 aromatic heterocycles. The van der Waals surface area contributed by atoms with Crippen molar-refractivity contribution in [2.45, 2.75) is 32.0 Å². The molecule has 2 unspecified atom stereocenters. The van der Waals surface area contributed by atoms with E-state index in [-0.39, 0.29) is 17.0 Å². The third kappa shape index (κ3) is 3.27. The van der Waals surface area contributed by atoms with Crippen LogP contribution in [0.3, 0.4) is 0 Å². The summed E-state index contributed by atoms with van der Waals surface area (Å²) < 4.78 is 25.3. The molecule has 0 aliphatic carbocycles. The van der Waals surface area contributed by atoms with Gasteiger partial charge in [0.15, 0.2) is 23.0 Å². The lowest BCUT2D eigenvalue weighted by Crippen LogP contribution is -3.00. The second-order valence-electron chi connectivity index (χ2n) is 9.16. The summed E-state index contributed by atoms with van der Waals surface area (Å²) in [6.07, 6.45) is 2.00. The number of nitrogens with zero attached hydrogens (tertiary/aromatic N) is 1. The molecule has 0 saturated heterocycles. The Bertz CT molecular complexity index is 1260. The summed E-state index contributed by atoms with van der Waals surface area (Å²) in [5.41, 5.74) is 6.81.